The SMILES string of the molecule is Cn1cc(CN2CCN(C(=O)c3cccc(C#N)c3)CC2)cn1. The first-order valence-corrected chi connectivity index (χ1v) is 7.65. The minimum absolute atomic E-state index is 0.00290. The number of benzene rings is 1. The molecule has 0 saturated carbocycles. The number of rotatable bonds is 3. The number of carbonyl (C=O) groups is 1. The number of piperazine rings is 1. The Morgan fingerprint density at radius 3 is 2.74 bits per heavy atom. The molecule has 0 bridgehead atoms. The van der Waals surface area contributed by atoms with Gasteiger partial charge in [-0.15, -0.1) is 0 Å². The molecule has 0 N–H and O–H groups in total. The Bertz CT molecular complexity index is 737. The largest absolute Gasteiger partial charge is 0.336 e. The number of aromatic nitrogens is 2. The molecule has 23 heavy (non-hydrogen) atoms. The Morgan fingerprint density at radius 1 is 1.30 bits per heavy atom. The molecule has 1 aromatic carbocycles. The highest BCUT2D eigenvalue weighted by Crippen LogP contribution is 2.12. The number of hydrogen-bond donors (Lipinski definition) is 0. The van der Waals surface area contributed by atoms with E-state index in [1.54, 1.807) is 28.9 Å². The Balaban J connectivity index is 1.58. The molecule has 0 atom stereocenters. The van der Waals surface area contributed by atoms with Crippen LogP contribution in [0.4, 0.5) is 0 Å². The first-order valence-electron chi connectivity index (χ1n) is 7.65. The minimum atomic E-state index is 0.00290. The monoisotopic (exact) mass is 309 g/mol. The summed E-state index contributed by atoms with van der Waals surface area (Å²) in [5.41, 5.74) is 2.30. The first kappa shape index (κ1) is 15.3. The third-order valence-corrected chi connectivity index (χ3v) is 4.06. The van der Waals surface area contributed by atoms with Crippen molar-refractivity contribution in [1.29, 1.82) is 5.26 Å². The summed E-state index contributed by atoms with van der Waals surface area (Å²) in [5.74, 6) is 0.00290. The van der Waals surface area contributed by atoms with E-state index in [1.165, 1.54) is 5.56 Å². The number of amides is 1. The molecule has 2 aromatic rings. The van der Waals surface area contributed by atoms with Gasteiger partial charge >= 0.3 is 0 Å². The maximum absolute atomic E-state index is 12.5. The van der Waals surface area contributed by atoms with Crippen LogP contribution in [0.3, 0.4) is 0 Å². The third-order valence-electron chi connectivity index (χ3n) is 4.06. The average Bonchev–Trinajstić information content (AvgIpc) is 3.00. The van der Waals surface area contributed by atoms with Crippen LogP contribution < -0.4 is 0 Å². The fourth-order valence-electron chi connectivity index (χ4n) is 2.83. The highest BCUT2D eigenvalue weighted by molar-refractivity contribution is 5.94. The second kappa shape index (κ2) is 6.63. The van der Waals surface area contributed by atoms with Crippen molar-refractivity contribution in [2.24, 2.45) is 7.05 Å². The number of carbonyl (C=O) groups excluding carboxylic acids is 1. The van der Waals surface area contributed by atoms with Crippen LogP contribution in [-0.4, -0.2) is 51.7 Å². The molecule has 6 nitrogen and oxygen atoms in total. The molecule has 6 heteroatoms. The van der Waals surface area contributed by atoms with Gasteiger partial charge in [-0.3, -0.25) is 14.4 Å². The van der Waals surface area contributed by atoms with E-state index < -0.39 is 0 Å². The van der Waals surface area contributed by atoms with Crippen LogP contribution in [0.25, 0.3) is 0 Å². The lowest BCUT2D eigenvalue weighted by Gasteiger charge is -2.34. The van der Waals surface area contributed by atoms with Crippen molar-refractivity contribution in [2.45, 2.75) is 6.54 Å². The Hall–Kier alpha value is -2.65. The van der Waals surface area contributed by atoms with Crippen molar-refractivity contribution >= 4 is 5.91 Å². The van der Waals surface area contributed by atoms with E-state index in [4.69, 9.17) is 5.26 Å². The van der Waals surface area contributed by atoms with E-state index in [0.717, 1.165) is 19.6 Å². The zero-order valence-corrected chi connectivity index (χ0v) is 13.1. The van der Waals surface area contributed by atoms with Crippen molar-refractivity contribution in [3.8, 4) is 6.07 Å². The van der Waals surface area contributed by atoms with Gasteiger partial charge in [0, 0.05) is 57.1 Å². The van der Waals surface area contributed by atoms with Crippen LogP contribution in [0, 0.1) is 11.3 Å². The standard InChI is InChI=1S/C17H19N5O/c1-20-12-15(11-19-20)13-21-5-7-22(8-6-21)17(23)16-4-2-3-14(9-16)10-18/h2-4,9,11-12H,5-8,13H2,1H3. The maximum Gasteiger partial charge on any atom is 0.253 e. The summed E-state index contributed by atoms with van der Waals surface area (Å²) in [6, 6.07) is 8.97. The lowest BCUT2D eigenvalue weighted by atomic mass is 10.1. The van der Waals surface area contributed by atoms with E-state index in [2.05, 4.69) is 16.1 Å². The third kappa shape index (κ3) is 3.58. The van der Waals surface area contributed by atoms with Crippen molar-refractivity contribution in [1.82, 2.24) is 19.6 Å². The summed E-state index contributed by atoms with van der Waals surface area (Å²) in [6.07, 6.45) is 3.90. The van der Waals surface area contributed by atoms with Crippen LogP contribution in [0.2, 0.25) is 0 Å². The Labute approximate surface area is 135 Å². The van der Waals surface area contributed by atoms with Crippen molar-refractivity contribution < 1.29 is 4.79 Å². The summed E-state index contributed by atoms with van der Waals surface area (Å²) < 4.78 is 1.80. The summed E-state index contributed by atoms with van der Waals surface area (Å²) in [4.78, 5) is 16.7. The lowest BCUT2D eigenvalue weighted by Crippen LogP contribution is -2.48. The molecule has 1 saturated heterocycles. The molecule has 0 radical (unpaired) electrons. The van der Waals surface area contributed by atoms with Gasteiger partial charge in [0.15, 0.2) is 0 Å². The van der Waals surface area contributed by atoms with Crippen LogP contribution in [-0.2, 0) is 13.6 Å². The molecular weight excluding hydrogens is 290 g/mol. The highest BCUT2D eigenvalue weighted by atomic mass is 16.2. The molecule has 0 spiro atoms. The fraction of sp³-hybridized carbons (Fsp3) is 0.353. The number of nitriles is 1. The Morgan fingerprint density at radius 2 is 2.09 bits per heavy atom. The highest BCUT2D eigenvalue weighted by Gasteiger charge is 2.22. The predicted molar refractivity (Wildman–Crippen MR) is 85.5 cm³/mol. The fourth-order valence-corrected chi connectivity index (χ4v) is 2.83. The molecule has 1 aliphatic rings. The van der Waals surface area contributed by atoms with Gasteiger partial charge in [-0.2, -0.15) is 10.4 Å². The average molecular weight is 309 g/mol. The molecular formula is C17H19N5O. The van der Waals surface area contributed by atoms with E-state index >= 15 is 0 Å². The van der Waals surface area contributed by atoms with Crippen molar-refractivity contribution in [3.63, 3.8) is 0 Å². The molecule has 118 valence electrons. The van der Waals surface area contributed by atoms with Crippen LogP contribution in [0.1, 0.15) is 21.5 Å². The van der Waals surface area contributed by atoms with Gasteiger partial charge in [0.2, 0.25) is 0 Å². The first-order chi connectivity index (χ1) is 11.2. The number of aryl methyl sites for hydroxylation is 1. The predicted octanol–water partition coefficient (Wildman–Crippen LogP) is 1.25. The van der Waals surface area contributed by atoms with Gasteiger partial charge < -0.3 is 4.90 Å². The molecule has 1 aromatic heterocycles. The molecule has 1 amide bonds. The number of hydrogen-bond acceptors (Lipinski definition) is 4. The summed E-state index contributed by atoms with van der Waals surface area (Å²) >= 11 is 0. The minimum Gasteiger partial charge on any atom is -0.336 e. The molecule has 0 aliphatic carbocycles. The second-order valence-corrected chi connectivity index (χ2v) is 5.78. The summed E-state index contributed by atoms with van der Waals surface area (Å²) in [7, 11) is 1.91. The van der Waals surface area contributed by atoms with Crippen LogP contribution >= 0.6 is 0 Å². The molecule has 1 fully saturated rings. The molecule has 2 heterocycles. The summed E-state index contributed by atoms with van der Waals surface area (Å²) in [6.45, 7) is 3.96. The van der Waals surface area contributed by atoms with E-state index in [1.807, 2.05) is 24.3 Å². The smallest absolute Gasteiger partial charge is 0.253 e. The van der Waals surface area contributed by atoms with Gasteiger partial charge in [0.25, 0.3) is 5.91 Å². The molecule has 1 aliphatic heterocycles. The van der Waals surface area contributed by atoms with Crippen LogP contribution in [0.5, 0.6) is 0 Å². The van der Waals surface area contributed by atoms with Gasteiger partial charge in [-0.1, -0.05) is 6.07 Å². The van der Waals surface area contributed by atoms with E-state index in [9.17, 15) is 4.79 Å². The van der Waals surface area contributed by atoms with Gasteiger partial charge in [-0.05, 0) is 18.2 Å². The van der Waals surface area contributed by atoms with Gasteiger partial charge in [-0.25, -0.2) is 0 Å². The Kier molecular flexibility index (Phi) is 4.40. The van der Waals surface area contributed by atoms with Crippen molar-refractivity contribution in [3.05, 3.63) is 53.3 Å². The lowest BCUT2D eigenvalue weighted by molar-refractivity contribution is 0.0628. The van der Waals surface area contributed by atoms with Crippen molar-refractivity contribution in [2.75, 3.05) is 26.2 Å². The molecule has 0 unspecified atom stereocenters. The maximum atomic E-state index is 12.5. The van der Waals surface area contributed by atoms with Gasteiger partial charge in [0.05, 0.1) is 17.8 Å². The topological polar surface area (TPSA) is 65.2 Å². The van der Waals surface area contributed by atoms with E-state index in [0.29, 0.717) is 24.2 Å². The van der Waals surface area contributed by atoms with Gasteiger partial charge in [0.1, 0.15) is 0 Å². The normalized spacial score (nSPS) is 15.4. The van der Waals surface area contributed by atoms with E-state index in [-0.39, 0.29) is 5.91 Å². The quantitative estimate of drug-likeness (QED) is 0.856. The summed E-state index contributed by atoms with van der Waals surface area (Å²) in [5, 5.41) is 13.1. The second-order valence-electron chi connectivity index (χ2n) is 5.78. The molecule has 3 rings (SSSR count). The van der Waals surface area contributed by atoms with Crippen LogP contribution in [0.15, 0.2) is 36.7 Å². The number of nitrogens with zero attached hydrogens (tertiary/aromatic N) is 5. The zero-order valence-electron chi connectivity index (χ0n) is 13.1. The zero-order chi connectivity index (χ0) is 16.2.